The molecule has 0 spiro atoms. The Morgan fingerprint density at radius 2 is 2.19 bits per heavy atom. The standard InChI is InChI=1S/C17H17ClN2O/c1-10(2)11-6-7-19-9-16(11)20-17(21)14-8-13-12(14)4-3-5-15(13)18/h3-7,9-10,14H,8H2,1-2H3,(H,20,21). The molecule has 21 heavy (non-hydrogen) atoms. The Kier molecular flexibility index (Phi) is 3.68. The first kappa shape index (κ1) is 14.1. The zero-order chi connectivity index (χ0) is 15.0. The molecule has 1 atom stereocenters. The summed E-state index contributed by atoms with van der Waals surface area (Å²) in [6, 6.07) is 7.68. The van der Waals surface area contributed by atoms with E-state index in [1.807, 2.05) is 24.3 Å². The average Bonchev–Trinajstić information content (AvgIpc) is 2.41. The van der Waals surface area contributed by atoms with Crippen LogP contribution in [-0.2, 0) is 11.2 Å². The zero-order valence-corrected chi connectivity index (χ0v) is 12.8. The van der Waals surface area contributed by atoms with Crippen LogP contribution in [0.4, 0.5) is 5.69 Å². The third-order valence-electron chi connectivity index (χ3n) is 3.99. The number of fused-ring (bicyclic) bond motifs is 1. The van der Waals surface area contributed by atoms with E-state index in [2.05, 4.69) is 24.1 Å². The van der Waals surface area contributed by atoms with Crippen LogP contribution >= 0.6 is 11.6 Å². The molecule has 0 bridgehead atoms. The van der Waals surface area contributed by atoms with Crippen molar-refractivity contribution in [3.05, 3.63) is 58.4 Å². The van der Waals surface area contributed by atoms with Crippen LogP contribution in [0.3, 0.4) is 0 Å². The number of anilines is 1. The number of amides is 1. The first-order chi connectivity index (χ1) is 10.1. The van der Waals surface area contributed by atoms with Gasteiger partial charge in [0.1, 0.15) is 0 Å². The Hall–Kier alpha value is -1.87. The summed E-state index contributed by atoms with van der Waals surface area (Å²) in [5.74, 6) is 0.241. The number of nitrogens with zero attached hydrogens (tertiary/aromatic N) is 1. The van der Waals surface area contributed by atoms with Crippen molar-refractivity contribution in [3.63, 3.8) is 0 Å². The normalized spacial score (nSPS) is 16.3. The van der Waals surface area contributed by atoms with E-state index in [4.69, 9.17) is 11.6 Å². The molecule has 1 heterocycles. The van der Waals surface area contributed by atoms with Crippen LogP contribution in [0, 0.1) is 0 Å². The minimum Gasteiger partial charge on any atom is -0.324 e. The lowest BCUT2D eigenvalue weighted by atomic mass is 9.77. The number of carbonyl (C=O) groups excluding carboxylic acids is 1. The van der Waals surface area contributed by atoms with Gasteiger partial charge in [-0.1, -0.05) is 37.6 Å². The third kappa shape index (κ3) is 2.54. The molecule has 0 saturated carbocycles. The molecule has 1 unspecified atom stereocenters. The number of halogens is 1. The summed E-state index contributed by atoms with van der Waals surface area (Å²) >= 11 is 6.12. The Bertz CT molecular complexity index is 697. The molecule has 1 aromatic carbocycles. The molecular weight excluding hydrogens is 284 g/mol. The maximum Gasteiger partial charge on any atom is 0.232 e. The van der Waals surface area contributed by atoms with Gasteiger partial charge in [0.25, 0.3) is 0 Å². The maximum absolute atomic E-state index is 12.5. The lowest BCUT2D eigenvalue weighted by molar-refractivity contribution is -0.118. The topological polar surface area (TPSA) is 42.0 Å². The summed E-state index contributed by atoms with van der Waals surface area (Å²) < 4.78 is 0. The molecule has 0 saturated heterocycles. The molecule has 1 N–H and O–H groups in total. The molecule has 1 aromatic heterocycles. The van der Waals surface area contributed by atoms with E-state index in [-0.39, 0.29) is 11.8 Å². The highest BCUT2D eigenvalue weighted by Gasteiger charge is 2.33. The van der Waals surface area contributed by atoms with Gasteiger partial charge in [-0.15, -0.1) is 0 Å². The van der Waals surface area contributed by atoms with Crippen molar-refractivity contribution in [3.8, 4) is 0 Å². The Morgan fingerprint density at radius 1 is 1.38 bits per heavy atom. The van der Waals surface area contributed by atoms with E-state index in [1.165, 1.54) is 0 Å². The van der Waals surface area contributed by atoms with Crippen molar-refractivity contribution in [1.82, 2.24) is 4.98 Å². The highest BCUT2D eigenvalue weighted by atomic mass is 35.5. The fourth-order valence-electron chi connectivity index (χ4n) is 2.77. The van der Waals surface area contributed by atoms with E-state index in [0.29, 0.717) is 12.3 Å². The van der Waals surface area contributed by atoms with Gasteiger partial charge < -0.3 is 5.32 Å². The lowest BCUT2D eigenvalue weighted by Crippen LogP contribution is -2.30. The van der Waals surface area contributed by atoms with Gasteiger partial charge in [-0.05, 0) is 41.2 Å². The van der Waals surface area contributed by atoms with E-state index < -0.39 is 0 Å². The SMILES string of the molecule is CC(C)c1ccncc1NC(=O)C1Cc2c(Cl)cccc21. The number of carbonyl (C=O) groups is 1. The molecule has 3 rings (SSSR count). The van der Waals surface area contributed by atoms with Gasteiger partial charge >= 0.3 is 0 Å². The second-order valence-electron chi connectivity index (χ2n) is 5.67. The number of hydrogen-bond acceptors (Lipinski definition) is 2. The molecule has 1 aliphatic rings. The Balaban J connectivity index is 1.80. The number of aromatic nitrogens is 1. The van der Waals surface area contributed by atoms with Gasteiger partial charge in [0, 0.05) is 11.2 Å². The van der Waals surface area contributed by atoms with Crippen LogP contribution in [0.25, 0.3) is 0 Å². The average molecular weight is 301 g/mol. The second kappa shape index (κ2) is 5.49. The van der Waals surface area contributed by atoms with Crippen molar-refractivity contribution in [2.75, 3.05) is 5.32 Å². The minimum atomic E-state index is -0.112. The largest absolute Gasteiger partial charge is 0.324 e. The third-order valence-corrected chi connectivity index (χ3v) is 4.34. The molecule has 1 aliphatic carbocycles. The highest BCUT2D eigenvalue weighted by Crippen LogP contribution is 2.40. The molecule has 0 fully saturated rings. The molecular formula is C17H17ClN2O. The molecule has 2 aromatic rings. The van der Waals surface area contributed by atoms with Gasteiger partial charge in [0.2, 0.25) is 5.91 Å². The van der Waals surface area contributed by atoms with Crippen LogP contribution in [0.2, 0.25) is 5.02 Å². The van der Waals surface area contributed by atoms with Gasteiger partial charge in [-0.25, -0.2) is 0 Å². The smallest absolute Gasteiger partial charge is 0.232 e. The van der Waals surface area contributed by atoms with Crippen LogP contribution in [-0.4, -0.2) is 10.9 Å². The summed E-state index contributed by atoms with van der Waals surface area (Å²) in [6.45, 7) is 4.20. The van der Waals surface area contributed by atoms with Crippen LogP contribution < -0.4 is 5.32 Å². The van der Waals surface area contributed by atoms with E-state index in [0.717, 1.165) is 27.4 Å². The minimum absolute atomic E-state index is 0.0136. The second-order valence-corrected chi connectivity index (χ2v) is 6.08. The van der Waals surface area contributed by atoms with Gasteiger partial charge in [-0.2, -0.15) is 0 Å². The van der Waals surface area contributed by atoms with Gasteiger partial charge in [0.15, 0.2) is 0 Å². The number of hydrogen-bond donors (Lipinski definition) is 1. The predicted octanol–water partition coefficient (Wildman–Crippen LogP) is 4.14. The Morgan fingerprint density at radius 3 is 2.95 bits per heavy atom. The lowest BCUT2D eigenvalue weighted by Gasteiger charge is -2.30. The van der Waals surface area contributed by atoms with Crippen LogP contribution in [0.15, 0.2) is 36.7 Å². The zero-order valence-electron chi connectivity index (χ0n) is 12.1. The fraction of sp³-hybridized carbons (Fsp3) is 0.294. The van der Waals surface area contributed by atoms with Gasteiger partial charge in [0.05, 0.1) is 17.8 Å². The molecule has 1 amide bonds. The number of benzene rings is 1. The predicted molar refractivity (Wildman–Crippen MR) is 84.9 cm³/mol. The Labute approximate surface area is 129 Å². The first-order valence-corrected chi connectivity index (χ1v) is 7.47. The molecule has 3 nitrogen and oxygen atoms in total. The summed E-state index contributed by atoms with van der Waals surface area (Å²) in [6.07, 6.45) is 4.17. The van der Waals surface area contributed by atoms with Crippen LogP contribution in [0.1, 0.15) is 42.4 Å². The number of nitrogens with one attached hydrogen (secondary N) is 1. The molecule has 0 radical (unpaired) electrons. The summed E-state index contributed by atoms with van der Waals surface area (Å²) in [5.41, 5.74) is 4.03. The fourth-order valence-corrected chi connectivity index (χ4v) is 3.03. The summed E-state index contributed by atoms with van der Waals surface area (Å²) in [4.78, 5) is 16.6. The summed E-state index contributed by atoms with van der Waals surface area (Å²) in [5, 5.41) is 3.76. The number of pyridine rings is 1. The first-order valence-electron chi connectivity index (χ1n) is 7.10. The van der Waals surface area contributed by atoms with Crippen molar-refractivity contribution in [1.29, 1.82) is 0 Å². The van der Waals surface area contributed by atoms with E-state index in [9.17, 15) is 4.79 Å². The monoisotopic (exact) mass is 300 g/mol. The van der Waals surface area contributed by atoms with Crippen molar-refractivity contribution >= 4 is 23.2 Å². The number of rotatable bonds is 3. The molecule has 4 heteroatoms. The molecule has 108 valence electrons. The molecule has 0 aliphatic heterocycles. The van der Waals surface area contributed by atoms with Crippen molar-refractivity contribution in [2.24, 2.45) is 0 Å². The van der Waals surface area contributed by atoms with E-state index >= 15 is 0 Å². The van der Waals surface area contributed by atoms with Gasteiger partial charge in [-0.3, -0.25) is 9.78 Å². The van der Waals surface area contributed by atoms with E-state index in [1.54, 1.807) is 12.4 Å². The van der Waals surface area contributed by atoms with Crippen molar-refractivity contribution in [2.45, 2.75) is 32.1 Å². The maximum atomic E-state index is 12.5. The highest BCUT2D eigenvalue weighted by molar-refractivity contribution is 6.31. The van der Waals surface area contributed by atoms with Crippen LogP contribution in [0.5, 0.6) is 0 Å². The summed E-state index contributed by atoms with van der Waals surface area (Å²) in [7, 11) is 0. The van der Waals surface area contributed by atoms with Crippen molar-refractivity contribution < 1.29 is 4.79 Å². The quantitative estimate of drug-likeness (QED) is 0.926.